The van der Waals surface area contributed by atoms with Crippen molar-refractivity contribution in [2.24, 2.45) is 0 Å². The van der Waals surface area contributed by atoms with Crippen LogP contribution in [0.3, 0.4) is 0 Å². The van der Waals surface area contributed by atoms with E-state index >= 15 is 0 Å². The lowest BCUT2D eigenvalue weighted by Gasteiger charge is -2.36. The lowest BCUT2D eigenvalue weighted by molar-refractivity contribution is -0.138. The lowest BCUT2D eigenvalue weighted by Crippen LogP contribution is -2.49. The number of carbonyl (C=O) groups is 1. The molecule has 0 radical (unpaired) electrons. The number of nitrogens with two attached hydrogens (primary N) is 1. The number of benzene rings is 2. The summed E-state index contributed by atoms with van der Waals surface area (Å²) in [5.74, 6) is -0.924. The van der Waals surface area contributed by atoms with Crippen LogP contribution in [0.2, 0.25) is 0 Å². The van der Waals surface area contributed by atoms with Crippen molar-refractivity contribution in [3.63, 3.8) is 0 Å². The third kappa shape index (κ3) is 4.66. The Hall–Kier alpha value is -3.70. The Morgan fingerprint density at radius 1 is 0.882 bits per heavy atom. The quantitative estimate of drug-likeness (QED) is 0.534. The molecule has 0 saturated carbocycles. The average Bonchev–Trinajstić information content (AvgIpc) is 3.19. The van der Waals surface area contributed by atoms with Crippen molar-refractivity contribution in [2.45, 2.75) is 12.4 Å². The van der Waals surface area contributed by atoms with Gasteiger partial charge in [0.2, 0.25) is 5.88 Å². The summed E-state index contributed by atoms with van der Waals surface area (Å²) in [6.45, 7) is 0.803. The topological polar surface area (TPSA) is 75.6 Å². The van der Waals surface area contributed by atoms with Crippen LogP contribution in [0.4, 0.5) is 37.9 Å². The molecule has 1 saturated heterocycles. The number of halogens is 6. The third-order valence-electron chi connectivity index (χ3n) is 5.50. The Labute approximate surface area is 189 Å². The van der Waals surface area contributed by atoms with E-state index in [1.54, 1.807) is 11.0 Å². The second-order valence-corrected chi connectivity index (χ2v) is 7.68. The lowest BCUT2D eigenvalue weighted by atomic mass is 10.0. The van der Waals surface area contributed by atoms with Gasteiger partial charge in [-0.3, -0.25) is 4.79 Å². The minimum atomic E-state index is -4.59. The van der Waals surface area contributed by atoms with Crippen LogP contribution in [0, 0.1) is 0 Å². The predicted molar refractivity (Wildman–Crippen MR) is 111 cm³/mol. The van der Waals surface area contributed by atoms with Crippen LogP contribution in [-0.2, 0) is 12.4 Å². The number of anilines is 2. The van der Waals surface area contributed by atoms with E-state index < -0.39 is 29.4 Å². The molecule has 0 spiro atoms. The van der Waals surface area contributed by atoms with Gasteiger partial charge in [0.05, 0.1) is 11.1 Å². The standard InChI is InChI=1S/C22H18F6N4O2/c23-21(24,25)14-4-1-3-13(11-14)18-17(19(29)34-30-18)20(33)32-9-7-31(8-10-32)16-6-2-5-15(12-16)22(26,27)28/h1-6,11-12H,7-10,29H2. The summed E-state index contributed by atoms with van der Waals surface area (Å²) in [6.07, 6.45) is -9.06. The Balaban J connectivity index is 1.53. The zero-order chi connectivity index (χ0) is 24.7. The maximum Gasteiger partial charge on any atom is 0.416 e. The van der Waals surface area contributed by atoms with Gasteiger partial charge in [0, 0.05) is 37.4 Å². The summed E-state index contributed by atoms with van der Waals surface area (Å²) in [5, 5.41) is 3.69. The van der Waals surface area contributed by atoms with Gasteiger partial charge in [0.1, 0.15) is 11.3 Å². The molecule has 0 aliphatic carbocycles. The highest BCUT2D eigenvalue weighted by Gasteiger charge is 2.34. The fourth-order valence-corrected chi connectivity index (χ4v) is 3.75. The summed E-state index contributed by atoms with van der Waals surface area (Å²) < 4.78 is 83.2. The molecule has 0 unspecified atom stereocenters. The maximum atomic E-state index is 13.1. The second-order valence-electron chi connectivity index (χ2n) is 7.68. The Bertz CT molecular complexity index is 1200. The van der Waals surface area contributed by atoms with Gasteiger partial charge in [-0.05, 0) is 30.3 Å². The van der Waals surface area contributed by atoms with E-state index in [1.165, 1.54) is 23.1 Å². The van der Waals surface area contributed by atoms with Gasteiger partial charge in [-0.1, -0.05) is 23.4 Å². The molecule has 3 aromatic rings. The molecular weight excluding hydrogens is 466 g/mol. The molecule has 34 heavy (non-hydrogen) atoms. The number of carbonyl (C=O) groups excluding carboxylic acids is 1. The smallest absolute Gasteiger partial charge is 0.368 e. The molecule has 2 N–H and O–H groups in total. The predicted octanol–water partition coefficient (Wildman–Crippen LogP) is 4.92. The molecule has 0 atom stereocenters. The molecule has 2 heterocycles. The number of amides is 1. The van der Waals surface area contributed by atoms with E-state index in [2.05, 4.69) is 5.16 Å². The van der Waals surface area contributed by atoms with Crippen LogP contribution in [-0.4, -0.2) is 42.1 Å². The van der Waals surface area contributed by atoms with Gasteiger partial charge in [-0.25, -0.2) is 0 Å². The molecule has 1 aromatic heterocycles. The largest absolute Gasteiger partial charge is 0.416 e. The normalized spacial score (nSPS) is 15.0. The molecule has 1 fully saturated rings. The van der Waals surface area contributed by atoms with Crippen molar-refractivity contribution in [1.82, 2.24) is 10.1 Å². The van der Waals surface area contributed by atoms with Crippen molar-refractivity contribution in [1.29, 1.82) is 0 Å². The number of nitrogen functional groups attached to an aromatic ring is 1. The van der Waals surface area contributed by atoms with Crippen molar-refractivity contribution < 1.29 is 35.7 Å². The van der Waals surface area contributed by atoms with Crippen molar-refractivity contribution in [3.05, 3.63) is 65.2 Å². The zero-order valence-corrected chi connectivity index (χ0v) is 17.5. The molecule has 4 rings (SSSR count). The minimum Gasteiger partial charge on any atom is -0.368 e. The number of piperazine rings is 1. The fourth-order valence-electron chi connectivity index (χ4n) is 3.75. The van der Waals surface area contributed by atoms with Crippen molar-refractivity contribution >= 4 is 17.5 Å². The first-order valence-corrected chi connectivity index (χ1v) is 10.1. The highest BCUT2D eigenvalue weighted by molar-refractivity contribution is 6.03. The van der Waals surface area contributed by atoms with E-state index in [9.17, 15) is 31.1 Å². The first-order chi connectivity index (χ1) is 15.9. The summed E-state index contributed by atoms with van der Waals surface area (Å²) in [7, 11) is 0. The minimum absolute atomic E-state index is 0.0150. The number of hydrogen-bond donors (Lipinski definition) is 1. The second kappa shape index (κ2) is 8.58. The van der Waals surface area contributed by atoms with E-state index in [4.69, 9.17) is 10.3 Å². The number of alkyl halides is 6. The molecule has 2 aromatic carbocycles. The third-order valence-corrected chi connectivity index (χ3v) is 5.50. The molecule has 6 nitrogen and oxygen atoms in total. The number of nitrogens with zero attached hydrogens (tertiary/aromatic N) is 3. The molecule has 12 heteroatoms. The molecule has 0 bridgehead atoms. The highest BCUT2D eigenvalue weighted by atomic mass is 19.4. The Morgan fingerprint density at radius 2 is 1.47 bits per heavy atom. The van der Waals surface area contributed by atoms with Crippen molar-refractivity contribution in [2.75, 3.05) is 36.8 Å². The summed E-state index contributed by atoms with van der Waals surface area (Å²) >= 11 is 0. The number of rotatable bonds is 3. The number of aromatic nitrogens is 1. The van der Waals surface area contributed by atoms with Crippen LogP contribution in [0.1, 0.15) is 21.5 Å². The van der Waals surface area contributed by atoms with Crippen LogP contribution in [0.15, 0.2) is 53.1 Å². The highest BCUT2D eigenvalue weighted by Crippen LogP contribution is 2.35. The first-order valence-electron chi connectivity index (χ1n) is 10.1. The SMILES string of the molecule is Nc1onc(-c2cccc(C(F)(F)F)c2)c1C(=O)N1CCN(c2cccc(C(F)(F)F)c2)CC1. The van der Waals surface area contributed by atoms with E-state index in [1.807, 2.05) is 0 Å². The van der Waals surface area contributed by atoms with Crippen LogP contribution >= 0.6 is 0 Å². The zero-order valence-electron chi connectivity index (χ0n) is 17.5. The monoisotopic (exact) mass is 484 g/mol. The Morgan fingerprint density at radius 3 is 2.09 bits per heavy atom. The molecule has 1 amide bonds. The summed E-state index contributed by atoms with van der Waals surface area (Å²) in [5.41, 5.74) is 4.19. The van der Waals surface area contributed by atoms with Gasteiger partial charge in [-0.2, -0.15) is 26.3 Å². The molecular formula is C22H18F6N4O2. The van der Waals surface area contributed by atoms with Crippen LogP contribution in [0.5, 0.6) is 0 Å². The first kappa shape index (κ1) is 23.5. The molecule has 1 aliphatic heterocycles. The molecule has 180 valence electrons. The Kier molecular flexibility index (Phi) is 5.92. The summed E-state index contributed by atoms with van der Waals surface area (Å²) in [6, 6.07) is 9.17. The molecule has 1 aliphatic rings. The average molecular weight is 484 g/mol. The maximum absolute atomic E-state index is 13.1. The van der Waals surface area contributed by atoms with Crippen LogP contribution in [0.25, 0.3) is 11.3 Å². The van der Waals surface area contributed by atoms with Gasteiger partial charge in [-0.15, -0.1) is 0 Å². The number of hydrogen-bond acceptors (Lipinski definition) is 5. The fraction of sp³-hybridized carbons (Fsp3) is 0.273. The van der Waals surface area contributed by atoms with Gasteiger partial charge in [0.15, 0.2) is 0 Å². The van der Waals surface area contributed by atoms with E-state index in [-0.39, 0.29) is 48.9 Å². The summed E-state index contributed by atoms with van der Waals surface area (Å²) in [4.78, 5) is 16.3. The van der Waals surface area contributed by atoms with Gasteiger partial charge in [0.25, 0.3) is 5.91 Å². The van der Waals surface area contributed by atoms with Crippen molar-refractivity contribution in [3.8, 4) is 11.3 Å². The van der Waals surface area contributed by atoms with E-state index in [0.29, 0.717) is 5.69 Å². The van der Waals surface area contributed by atoms with Gasteiger partial charge < -0.3 is 20.1 Å². The van der Waals surface area contributed by atoms with E-state index in [0.717, 1.165) is 24.3 Å². The van der Waals surface area contributed by atoms with Gasteiger partial charge >= 0.3 is 12.4 Å². The van der Waals surface area contributed by atoms with Crippen LogP contribution < -0.4 is 10.6 Å².